The third kappa shape index (κ3) is 4.76. The molecule has 1 N–H and O–H groups in total. The zero-order chi connectivity index (χ0) is 19.2. The lowest BCUT2D eigenvalue weighted by atomic mass is 10.1. The Morgan fingerprint density at radius 3 is 2.78 bits per heavy atom. The fraction of sp³-hybridized carbons (Fsp3) is 0.429. The first kappa shape index (κ1) is 19.6. The fourth-order valence-electron chi connectivity index (χ4n) is 3.62. The number of hydrogen-bond acceptors (Lipinski definition) is 5. The molecule has 6 heteroatoms. The molecule has 0 radical (unpaired) electrons. The Morgan fingerprint density at radius 1 is 1.33 bits per heavy atom. The van der Waals surface area contributed by atoms with Crippen molar-refractivity contribution in [2.45, 2.75) is 44.8 Å². The number of methoxy groups -OCH3 is 1. The van der Waals surface area contributed by atoms with E-state index in [9.17, 15) is 9.59 Å². The van der Waals surface area contributed by atoms with Gasteiger partial charge >= 0.3 is 5.97 Å². The lowest BCUT2D eigenvalue weighted by Crippen LogP contribution is -2.36. The molecule has 0 saturated carbocycles. The zero-order valence-electron chi connectivity index (χ0n) is 15.8. The first-order chi connectivity index (χ1) is 13.1. The van der Waals surface area contributed by atoms with Gasteiger partial charge in [-0.1, -0.05) is 18.2 Å². The highest BCUT2D eigenvalue weighted by Gasteiger charge is 2.34. The predicted octanol–water partition coefficient (Wildman–Crippen LogP) is 3.77. The van der Waals surface area contributed by atoms with Gasteiger partial charge in [-0.25, -0.2) is 4.79 Å². The third-order valence-corrected chi connectivity index (χ3v) is 6.15. The minimum Gasteiger partial charge on any atom is -0.465 e. The molecule has 0 bridgehead atoms. The lowest BCUT2D eigenvalue weighted by Gasteiger charge is -2.30. The van der Waals surface area contributed by atoms with Gasteiger partial charge in [-0.2, -0.15) is 0 Å². The molecule has 144 valence electrons. The monoisotopic (exact) mass is 386 g/mol. The van der Waals surface area contributed by atoms with Gasteiger partial charge in [-0.05, 0) is 55.5 Å². The van der Waals surface area contributed by atoms with Gasteiger partial charge in [0, 0.05) is 23.9 Å². The molecule has 0 unspecified atom stereocenters. The van der Waals surface area contributed by atoms with Gasteiger partial charge in [0.15, 0.2) is 0 Å². The first-order valence-electron chi connectivity index (χ1n) is 9.32. The van der Waals surface area contributed by atoms with Crippen LogP contribution < -0.4 is 5.32 Å². The average Bonchev–Trinajstić information content (AvgIpc) is 3.35. The van der Waals surface area contributed by atoms with E-state index in [1.165, 1.54) is 12.0 Å². The maximum absolute atomic E-state index is 12.4. The number of rotatable bonds is 8. The number of benzene rings is 1. The topological polar surface area (TPSA) is 58.6 Å². The van der Waals surface area contributed by atoms with Crippen LogP contribution in [0, 0.1) is 0 Å². The van der Waals surface area contributed by atoms with Crippen LogP contribution >= 0.6 is 11.3 Å². The van der Waals surface area contributed by atoms with Crippen LogP contribution in [0.15, 0.2) is 41.8 Å². The molecule has 5 nitrogen and oxygen atoms in total. The largest absolute Gasteiger partial charge is 0.465 e. The van der Waals surface area contributed by atoms with E-state index in [4.69, 9.17) is 4.74 Å². The van der Waals surface area contributed by atoms with E-state index in [0.29, 0.717) is 18.0 Å². The van der Waals surface area contributed by atoms with E-state index in [2.05, 4.69) is 28.6 Å². The molecule has 1 aromatic carbocycles. The summed E-state index contributed by atoms with van der Waals surface area (Å²) in [5, 5.41) is 5.51. The summed E-state index contributed by atoms with van der Waals surface area (Å²) in [5.74, 6) is -0.0559. The van der Waals surface area contributed by atoms with Crippen LogP contribution in [0.2, 0.25) is 0 Å². The van der Waals surface area contributed by atoms with Crippen LogP contribution in [0.1, 0.15) is 53.0 Å². The molecule has 2 aromatic rings. The van der Waals surface area contributed by atoms with E-state index >= 15 is 0 Å². The molecule has 1 aliphatic rings. The van der Waals surface area contributed by atoms with E-state index in [1.54, 1.807) is 23.5 Å². The van der Waals surface area contributed by atoms with Crippen LogP contribution in [-0.2, 0) is 16.1 Å². The van der Waals surface area contributed by atoms with Crippen molar-refractivity contribution in [3.8, 4) is 0 Å². The summed E-state index contributed by atoms with van der Waals surface area (Å²) in [5.41, 5.74) is 1.68. The van der Waals surface area contributed by atoms with Crippen LogP contribution in [0.3, 0.4) is 0 Å². The van der Waals surface area contributed by atoms with Crippen molar-refractivity contribution in [3.05, 3.63) is 57.8 Å². The third-order valence-electron chi connectivity index (χ3n) is 5.10. The molecular weight excluding hydrogens is 360 g/mol. The number of carbonyl (C=O) groups is 2. The van der Waals surface area contributed by atoms with Gasteiger partial charge in [0.2, 0.25) is 5.91 Å². The Hall–Kier alpha value is -2.18. The summed E-state index contributed by atoms with van der Waals surface area (Å²) in [6, 6.07) is 12.0. The standard InChI is InChI=1S/C21H26N2O3S/c1-15(19-4-3-13-27-19)23-18(9-10-20(23)24)11-12-22-14-16-5-7-17(8-6-16)21(25)26-2/h3-8,13,15,18,22H,9-12,14H2,1-2H3/t15-,18-/m1/s1. The number of esters is 1. The Labute approximate surface area is 164 Å². The highest BCUT2D eigenvalue weighted by atomic mass is 32.1. The van der Waals surface area contributed by atoms with Gasteiger partial charge in [0.25, 0.3) is 0 Å². The summed E-state index contributed by atoms with van der Waals surface area (Å²) in [7, 11) is 1.38. The summed E-state index contributed by atoms with van der Waals surface area (Å²) in [6.45, 7) is 3.71. The van der Waals surface area contributed by atoms with Gasteiger partial charge in [0.05, 0.1) is 18.7 Å². The van der Waals surface area contributed by atoms with Crippen molar-refractivity contribution in [3.63, 3.8) is 0 Å². The highest BCUT2D eigenvalue weighted by Crippen LogP contribution is 2.33. The number of nitrogens with zero attached hydrogens (tertiary/aromatic N) is 1. The number of amides is 1. The number of ether oxygens (including phenoxy) is 1. The Bertz CT molecular complexity index is 758. The van der Waals surface area contributed by atoms with Crippen molar-refractivity contribution in [2.24, 2.45) is 0 Å². The molecule has 2 atom stereocenters. The number of thiophene rings is 1. The number of likely N-dealkylation sites (tertiary alicyclic amines) is 1. The molecular formula is C21H26N2O3S. The van der Waals surface area contributed by atoms with Crippen LogP contribution in [0.4, 0.5) is 0 Å². The summed E-state index contributed by atoms with van der Waals surface area (Å²) >= 11 is 1.71. The quantitative estimate of drug-likeness (QED) is 0.554. The van der Waals surface area contributed by atoms with E-state index < -0.39 is 0 Å². The molecule has 3 rings (SSSR count). The number of hydrogen-bond donors (Lipinski definition) is 1. The van der Waals surface area contributed by atoms with Crippen molar-refractivity contribution < 1.29 is 14.3 Å². The van der Waals surface area contributed by atoms with Crippen molar-refractivity contribution in [1.29, 1.82) is 0 Å². The van der Waals surface area contributed by atoms with Gasteiger partial charge in [0.1, 0.15) is 0 Å². The second kappa shape index (κ2) is 9.15. The number of nitrogens with one attached hydrogen (secondary N) is 1. The van der Waals surface area contributed by atoms with Crippen molar-refractivity contribution in [1.82, 2.24) is 10.2 Å². The van der Waals surface area contributed by atoms with Crippen molar-refractivity contribution >= 4 is 23.2 Å². The predicted molar refractivity (Wildman–Crippen MR) is 107 cm³/mol. The van der Waals surface area contributed by atoms with Crippen LogP contribution in [-0.4, -0.2) is 36.5 Å². The van der Waals surface area contributed by atoms with Gasteiger partial charge in [-0.15, -0.1) is 11.3 Å². The molecule has 27 heavy (non-hydrogen) atoms. The molecule has 1 fully saturated rings. The molecule has 0 spiro atoms. The van der Waals surface area contributed by atoms with Crippen LogP contribution in [0.25, 0.3) is 0 Å². The van der Waals surface area contributed by atoms with Gasteiger partial charge in [-0.3, -0.25) is 4.79 Å². The Balaban J connectivity index is 1.48. The second-order valence-electron chi connectivity index (χ2n) is 6.84. The fourth-order valence-corrected chi connectivity index (χ4v) is 4.40. The molecule has 1 saturated heterocycles. The van der Waals surface area contributed by atoms with Gasteiger partial charge < -0.3 is 15.0 Å². The summed E-state index contributed by atoms with van der Waals surface area (Å²) in [6.07, 6.45) is 2.53. The Morgan fingerprint density at radius 2 is 2.11 bits per heavy atom. The molecule has 0 aliphatic carbocycles. The normalized spacial score (nSPS) is 17.9. The molecule has 1 amide bonds. The molecule has 1 aromatic heterocycles. The Kier molecular flexibility index (Phi) is 6.63. The SMILES string of the molecule is COC(=O)c1ccc(CNCC[C@H]2CCC(=O)N2[C@H](C)c2cccs2)cc1. The summed E-state index contributed by atoms with van der Waals surface area (Å²) < 4.78 is 4.71. The maximum atomic E-state index is 12.4. The number of carbonyl (C=O) groups excluding carboxylic acids is 2. The maximum Gasteiger partial charge on any atom is 0.337 e. The van der Waals surface area contributed by atoms with Crippen molar-refractivity contribution in [2.75, 3.05) is 13.7 Å². The molecule has 2 heterocycles. The van der Waals surface area contributed by atoms with E-state index in [0.717, 1.165) is 31.5 Å². The minimum atomic E-state index is -0.319. The smallest absolute Gasteiger partial charge is 0.337 e. The second-order valence-corrected chi connectivity index (χ2v) is 7.82. The molecule has 1 aliphatic heterocycles. The first-order valence-corrected chi connectivity index (χ1v) is 10.2. The minimum absolute atomic E-state index is 0.149. The van der Waals surface area contributed by atoms with Crippen LogP contribution in [0.5, 0.6) is 0 Å². The zero-order valence-corrected chi connectivity index (χ0v) is 16.6. The highest BCUT2D eigenvalue weighted by molar-refractivity contribution is 7.10. The lowest BCUT2D eigenvalue weighted by molar-refractivity contribution is -0.131. The summed E-state index contributed by atoms with van der Waals surface area (Å²) in [4.78, 5) is 27.1. The average molecular weight is 387 g/mol. The van der Waals surface area contributed by atoms with E-state index in [1.807, 2.05) is 18.2 Å². The van der Waals surface area contributed by atoms with E-state index in [-0.39, 0.29) is 17.9 Å².